The fourth-order valence-electron chi connectivity index (χ4n) is 3.67. The van der Waals surface area contributed by atoms with E-state index in [0.29, 0.717) is 17.5 Å². The minimum atomic E-state index is -0.612. The number of imide groups is 1. The monoisotopic (exact) mass is 359 g/mol. The maximum atomic E-state index is 12.6. The van der Waals surface area contributed by atoms with Crippen molar-refractivity contribution in [2.75, 3.05) is 0 Å². The van der Waals surface area contributed by atoms with Crippen molar-refractivity contribution in [3.63, 3.8) is 0 Å². The molecule has 142 valence electrons. The molecule has 1 aliphatic rings. The van der Waals surface area contributed by atoms with Crippen LogP contribution in [0.25, 0.3) is 0 Å². The number of amides is 2. The van der Waals surface area contributed by atoms with Gasteiger partial charge in [0.2, 0.25) is 5.91 Å². The molecule has 0 saturated carbocycles. The molecule has 0 radical (unpaired) electrons. The summed E-state index contributed by atoms with van der Waals surface area (Å²) in [5.74, 6) is -1.40. The van der Waals surface area contributed by atoms with Crippen LogP contribution in [0.2, 0.25) is 0 Å². The van der Waals surface area contributed by atoms with Gasteiger partial charge in [0.15, 0.2) is 0 Å². The summed E-state index contributed by atoms with van der Waals surface area (Å²) < 4.78 is 0. The number of phenolic OH excluding ortho intramolecular Hbond substituents is 2. The molecule has 0 bridgehead atoms. The van der Waals surface area contributed by atoms with E-state index in [9.17, 15) is 19.8 Å². The van der Waals surface area contributed by atoms with Gasteiger partial charge in [-0.2, -0.15) is 0 Å². The van der Waals surface area contributed by atoms with Crippen molar-refractivity contribution in [2.24, 2.45) is 0 Å². The van der Waals surface area contributed by atoms with E-state index in [2.05, 4.69) is 12.2 Å². The average molecular weight is 359 g/mol. The van der Waals surface area contributed by atoms with Crippen LogP contribution in [0.4, 0.5) is 0 Å². The Morgan fingerprint density at radius 1 is 1.27 bits per heavy atom. The molecule has 0 spiro atoms. The highest BCUT2D eigenvalue weighted by Gasteiger charge is 2.27. The van der Waals surface area contributed by atoms with Crippen molar-refractivity contribution in [2.45, 2.75) is 71.6 Å². The molecule has 2 amide bonds. The Hall–Kier alpha value is -2.30. The van der Waals surface area contributed by atoms with Gasteiger partial charge >= 0.3 is 0 Å². The minimum Gasteiger partial charge on any atom is -0.507 e. The first-order chi connectivity index (χ1) is 12.3. The molecule has 1 unspecified atom stereocenters. The second-order valence-corrected chi connectivity index (χ2v) is 7.17. The highest BCUT2D eigenvalue weighted by Crippen LogP contribution is 2.43. The summed E-state index contributed by atoms with van der Waals surface area (Å²) in [5, 5.41) is 23.7. The van der Waals surface area contributed by atoms with Crippen molar-refractivity contribution in [3.8, 4) is 11.5 Å². The van der Waals surface area contributed by atoms with E-state index in [1.165, 1.54) is 12.5 Å². The van der Waals surface area contributed by atoms with Gasteiger partial charge in [0.1, 0.15) is 11.5 Å². The Bertz CT molecular complexity index is 721. The molecule has 0 saturated heterocycles. The van der Waals surface area contributed by atoms with E-state index in [-0.39, 0.29) is 23.0 Å². The Labute approximate surface area is 155 Å². The number of unbranched alkanes of at least 4 members (excludes halogenated alkanes) is 2. The molecule has 0 fully saturated rings. The largest absolute Gasteiger partial charge is 0.507 e. The van der Waals surface area contributed by atoms with Gasteiger partial charge < -0.3 is 10.2 Å². The molecule has 1 aromatic carbocycles. The molecule has 3 N–H and O–H groups in total. The number of phenols is 2. The zero-order chi connectivity index (χ0) is 19.3. The molecule has 1 atom stereocenters. The Balaban J connectivity index is 2.52. The highest BCUT2D eigenvalue weighted by atomic mass is 16.3. The van der Waals surface area contributed by atoms with Gasteiger partial charge in [0.05, 0.1) is 5.56 Å². The van der Waals surface area contributed by atoms with Gasteiger partial charge in [0.25, 0.3) is 5.91 Å². The molecule has 1 aliphatic carbocycles. The summed E-state index contributed by atoms with van der Waals surface area (Å²) in [6, 6.07) is 1.58. The number of aryl methyl sites for hydroxylation is 1. The van der Waals surface area contributed by atoms with E-state index < -0.39 is 11.8 Å². The number of benzene rings is 1. The van der Waals surface area contributed by atoms with Crippen LogP contribution in [0, 0.1) is 0 Å². The van der Waals surface area contributed by atoms with Crippen LogP contribution in [0.3, 0.4) is 0 Å². The van der Waals surface area contributed by atoms with Crippen LogP contribution in [0.5, 0.6) is 11.5 Å². The molecule has 5 nitrogen and oxygen atoms in total. The van der Waals surface area contributed by atoms with Crippen LogP contribution < -0.4 is 5.32 Å². The van der Waals surface area contributed by atoms with E-state index in [1.54, 1.807) is 6.07 Å². The number of hydrogen-bond acceptors (Lipinski definition) is 4. The highest BCUT2D eigenvalue weighted by molar-refractivity contribution is 6.07. The third-order valence-corrected chi connectivity index (χ3v) is 4.91. The average Bonchev–Trinajstić information content (AvgIpc) is 2.54. The van der Waals surface area contributed by atoms with Gasteiger partial charge in [-0.15, -0.1) is 0 Å². The number of nitrogens with one attached hydrogen (secondary N) is 1. The molecule has 1 aromatic rings. The van der Waals surface area contributed by atoms with Crippen molar-refractivity contribution < 1.29 is 19.8 Å². The Kier molecular flexibility index (Phi) is 6.83. The predicted molar refractivity (Wildman–Crippen MR) is 101 cm³/mol. The summed E-state index contributed by atoms with van der Waals surface area (Å²) >= 11 is 0. The fourth-order valence-corrected chi connectivity index (χ4v) is 3.67. The predicted octanol–water partition coefficient (Wildman–Crippen LogP) is 4.32. The number of carbonyl (C=O) groups is 2. The Morgan fingerprint density at radius 2 is 2.00 bits per heavy atom. The first-order valence-corrected chi connectivity index (χ1v) is 9.42. The minimum absolute atomic E-state index is 0.0179. The van der Waals surface area contributed by atoms with Crippen LogP contribution >= 0.6 is 0 Å². The quantitative estimate of drug-likeness (QED) is 0.521. The topological polar surface area (TPSA) is 86.6 Å². The lowest BCUT2D eigenvalue weighted by atomic mass is 9.83. The standard InChI is InChI=1S/C21H29NO4/c1-4-5-6-9-16-12-17(24)18(15-10-7-8-13(2)11-15)20(25)19(16)21(26)22-14(3)23/h11-12,15,24-25H,4-10H2,1-3H3,(H,22,23,26). The van der Waals surface area contributed by atoms with Gasteiger partial charge in [-0.25, -0.2) is 0 Å². The lowest BCUT2D eigenvalue weighted by molar-refractivity contribution is -0.118. The van der Waals surface area contributed by atoms with Crippen LogP contribution in [0.15, 0.2) is 17.7 Å². The number of rotatable bonds is 6. The SMILES string of the molecule is CCCCCc1cc(O)c(C2C=C(C)CCC2)c(O)c1C(=O)NC(C)=O. The molecule has 0 heterocycles. The van der Waals surface area contributed by atoms with E-state index in [1.807, 2.05) is 13.0 Å². The molecule has 26 heavy (non-hydrogen) atoms. The van der Waals surface area contributed by atoms with E-state index >= 15 is 0 Å². The van der Waals surface area contributed by atoms with Crippen LogP contribution in [-0.2, 0) is 11.2 Å². The molecule has 0 aromatic heterocycles. The summed E-state index contributed by atoms with van der Waals surface area (Å²) in [6.07, 6.45) is 8.25. The van der Waals surface area contributed by atoms with Gasteiger partial charge in [-0.3, -0.25) is 14.9 Å². The summed E-state index contributed by atoms with van der Waals surface area (Å²) in [6.45, 7) is 5.38. The molecular weight excluding hydrogens is 330 g/mol. The molecular formula is C21H29NO4. The second-order valence-electron chi connectivity index (χ2n) is 7.17. The zero-order valence-corrected chi connectivity index (χ0v) is 15.9. The molecule has 5 heteroatoms. The first-order valence-electron chi connectivity index (χ1n) is 9.42. The molecule has 0 aliphatic heterocycles. The number of allylic oxidation sites excluding steroid dienone is 2. The smallest absolute Gasteiger partial charge is 0.261 e. The third kappa shape index (κ3) is 4.65. The van der Waals surface area contributed by atoms with Crippen molar-refractivity contribution in [1.82, 2.24) is 5.32 Å². The normalized spacial score (nSPS) is 16.9. The molecule has 2 rings (SSSR count). The maximum absolute atomic E-state index is 12.6. The van der Waals surface area contributed by atoms with Crippen LogP contribution in [0.1, 0.15) is 86.7 Å². The second kappa shape index (κ2) is 8.88. The Morgan fingerprint density at radius 3 is 2.62 bits per heavy atom. The van der Waals surface area contributed by atoms with Crippen molar-refractivity contribution in [3.05, 3.63) is 34.4 Å². The fraction of sp³-hybridized carbons (Fsp3) is 0.524. The number of aromatic hydroxyl groups is 2. The van der Waals surface area contributed by atoms with Gasteiger partial charge in [-0.1, -0.05) is 31.4 Å². The van der Waals surface area contributed by atoms with E-state index in [0.717, 1.165) is 38.5 Å². The summed E-state index contributed by atoms with van der Waals surface area (Å²) in [7, 11) is 0. The van der Waals surface area contributed by atoms with Crippen molar-refractivity contribution in [1.29, 1.82) is 0 Å². The number of carbonyl (C=O) groups excluding carboxylic acids is 2. The maximum Gasteiger partial charge on any atom is 0.261 e. The van der Waals surface area contributed by atoms with E-state index in [4.69, 9.17) is 0 Å². The van der Waals surface area contributed by atoms with Gasteiger partial charge in [-0.05, 0) is 50.7 Å². The van der Waals surface area contributed by atoms with Crippen molar-refractivity contribution >= 4 is 11.8 Å². The first kappa shape index (κ1) is 20.0. The lowest BCUT2D eigenvalue weighted by Crippen LogP contribution is -2.29. The van der Waals surface area contributed by atoms with Gasteiger partial charge in [0, 0.05) is 18.4 Å². The third-order valence-electron chi connectivity index (χ3n) is 4.91. The zero-order valence-electron chi connectivity index (χ0n) is 15.9. The van der Waals surface area contributed by atoms with Crippen LogP contribution in [-0.4, -0.2) is 22.0 Å². The lowest BCUT2D eigenvalue weighted by Gasteiger charge is -2.24. The number of hydrogen-bond donors (Lipinski definition) is 3. The summed E-state index contributed by atoms with van der Waals surface area (Å²) in [4.78, 5) is 23.9. The summed E-state index contributed by atoms with van der Waals surface area (Å²) in [5.41, 5.74) is 2.28.